The molecular formula is C19H16F3N3OS. The van der Waals surface area contributed by atoms with Crippen molar-refractivity contribution in [2.75, 3.05) is 23.9 Å². The van der Waals surface area contributed by atoms with Gasteiger partial charge in [0.05, 0.1) is 16.2 Å². The summed E-state index contributed by atoms with van der Waals surface area (Å²) in [4.78, 5) is 15.9. The van der Waals surface area contributed by atoms with Gasteiger partial charge in [0, 0.05) is 19.8 Å². The Morgan fingerprint density at radius 2 is 1.78 bits per heavy atom. The fraction of sp³-hybridized carbons (Fsp3) is 0.158. The molecule has 1 aliphatic rings. The van der Waals surface area contributed by atoms with E-state index in [4.69, 9.17) is 5.41 Å². The first-order valence-electron chi connectivity index (χ1n) is 7.94. The van der Waals surface area contributed by atoms with E-state index in [0.29, 0.717) is 0 Å². The van der Waals surface area contributed by atoms with Crippen molar-refractivity contribution in [1.29, 1.82) is 5.41 Å². The molecule has 0 spiro atoms. The summed E-state index contributed by atoms with van der Waals surface area (Å²) < 4.78 is 38.8. The molecule has 0 saturated carbocycles. The number of hydrogen-bond acceptors (Lipinski definition) is 4. The van der Waals surface area contributed by atoms with E-state index in [2.05, 4.69) is 0 Å². The van der Waals surface area contributed by atoms with E-state index in [1.807, 2.05) is 43.3 Å². The Bertz CT molecular complexity index is 921. The number of thioether (sulfide) groups is 1. The van der Waals surface area contributed by atoms with Crippen LogP contribution in [0.4, 0.5) is 24.5 Å². The van der Waals surface area contributed by atoms with Crippen LogP contribution in [0.5, 0.6) is 0 Å². The molecule has 2 aromatic carbocycles. The lowest BCUT2D eigenvalue weighted by atomic mass is 10.1. The molecule has 0 radical (unpaired) electrons. The van der Waals surface area contributed by atoms with Crippen molar-refractivity contribution in [3.05, 3.63) is 64.6 Å². The van der Waals surface area contributed by atoms with E-state index in [-0.39, 0.29) is 15.8 Å². The molecule has 0 unspecified atom stereocenters. The van der Waals surface area contributed by atoms with Crippen molar-refractivity contribution in [2.24, 2.45) is 0 Å². The van der Waals surface area contributed by atoms with E-state index < -0.39 is 17.6 Å². The Morgan fingerprint density at radius 3 is 2.37 bits per heavy atom. The third kappa shape index (κ3) is 4.00. The van der Waals surface area contributed by atoms with Gasteiger partial charge in [-0.25, -0.2) is 0 Å². The smallest absolute Gasteiger partial charge is 0.378 e. The van der Waals surface area contributed by atoms with E-state index in [0.717, 1.165) is 40.0 Å². The van der Waals surface area contributed by atoms with Crippen LogP contribution < -0.4 is 9.80 Å². The molecule has 140 valence electrons. The van der Waals surface area contributed by atoms with Crippen molar-refractivity contribution < 1.29 is 18.0 Å². The van der Waals surface area contributed by atoms with Crippen molar-refractivity contribution in [3.63, 3.8) is 0 Å². The summed E-state index contributed by atoms with van der Waals surface area (Å²) in [6, 6.07) is 11.9. The zero-order chi connectivity index (χ0) is 19.8. The number of halogens is 3. The van der Waals surface area contributed by atoms with Gasteiger partial charge in [0.15, 0.2) is 5.17 Å². The molecule has 1 fully saturated rings. The number of carbonyl (C=O) groups is 1. The lowest BCUT2D eigenvalue weighted by molar-refractivity contribution is -0.137. The van der Waals surface area contributed by atoms with Crippen LogP contribution in [-0.4, -0.2) is 25.2 Å². The number of nitrogens with one attached hydrogen (secondary N) is 1. The van der Waals surface area contributed by atoms with Gasteiger partial charge in [-0.15, -0.1) is 0 Å². The maximum atomic E-state index is 12.9. The molecular weight excluding hydrogens is 375 g/mol. The van der Waals surface area contributed by atoms with Crippen LogP contribution in [0, 0.1) is 5.41 Å². The fourth-order valence-corrected chi connectivity index (χ4v) is 3.42. The van der Waals surface area contributed by atoms with Crippen molar-refractivity contribution >= 4 is 40.3 Å². The van der Waals surface area contributed by atoms with Crippen molar-refractivity contribution in [3.8, 4) is 0 Å². The molecule has 1 aliphatic heterocycles. The minimum atomic E-state index is -4.51. The van der Waals surface area contributed by atoms with Gasteiger partial charge in [-0.2, -0.15) is 13.2 Å². The quantitative estimate of drug-likeness (QED) is 0.763. The van der Waals surface area contributed by atoms with E-state index in [1.165, 1.54) is 12.1 Å². The molecule has 0 aromatic heterocycles. The highest BCUT2D eigenvalue weighted by Crippen LogP contribution is 2.37. The number of amides is 1. The van der Waals surface area contributed by atoms with E-state index in [1.54, 1.807) is 6.08 Å². The van der Waals surface area contributed by atoms with Crippen LogP contribution in [0.3, 0.4) is 0 Å². The fourth-order valence-electron chi connectivity index (χ4n) is 2.56. The first-order valence-corrected chi connectivity index (χ1v) is 8.75. The molecule has 1 saturated heterocycles. The predicted molar refractivity (Wildman–Crippen MR) is 103 cm³/mol. The monoisotopic (exact) mass is 391 g/mol. The highest BCUT2D eigenvalue weighted by atomic mass is 32.2. The predicted octanol–water partition coefficient (Wildman–Crippen LogP) is 4.83. The number of alkyl halides is 3. The SMILES string of the molecule is CN(C)c1ccc(/C=C2\SC(=N)N(c3cccc(C(F)(F)F)c3)C2=O)cc1. The van der Waals surface area contributed by atoms with Gasteiger partial charge in [-0.1, -0.05) is 18.2 Å². The second-order valence-corrected chi connectivity index (χ2v) is 7.12. The topological polar surface area (TPSA) is 47.4 Å². The minimum absolute atomic E-state index is 0.0266. The standard InChI is InChI=1S/C19H16F3N3OS/c1-24(2)14-8-6-12(7-9-14)10-16-17(26)25(18(23)27-16)15-5-3-4-13(11-15)19(20,21)22/h3-11,23H,1-2H3/b16-10-,23-18?. The maximum absolute atomic E-state index is 12.9. The van der Waals surface area contributed by atoms with Crippen LogP contribution in [-0.2, 0) is 11.0 Å². The largest absolute Gasteiger partial charge is 0.416 e. The summed E-state index contributed by atoms with van der Waals surface area (Å²) in [5.41, 5.74) is 0.942. The van der Waals surface area contributed by atoms with Gasteiger partial charge >= 0.3 is 6.18 Å². The second-order valence-electron chi connectivity index (χ2n) is 6.09. The lowest BCUT2D eigenvalue weighted by Gasteiger charge is -2.16. The van der Waals surface area contributed by atoms with Crippen LogP contribution in [0.1, 0.15) is 11.1 Å². The van der Waals surface area contributed by atoms with E-state index in [9.17, 15) is 18.0 Å². The molecule has 1 N–H and O–H groups in total. The first kappa shape index (κ1) is 19.0. The van der Waals surface area contributed by atoms with Gasteiger partial charge < -0.3 is 4.90 Å². The highest BCUT2D eigenvalue weighted by molar-refractivity contribution is 8.19. The Kier molecular flexibility index (Phi) is 5.01. The van der Waals surface area contributed by atoms with Crippen molar-refractivity contribution in [2.45, 2.75) is 6.18 Å². The number of carbonyl (C=O) groups excluding carboxylic acids is 1. The molecule has 27 heavy (non-hydrogen) atoms. The van der Waals surface area contributed by atoms with Gasteiger partial charge in [-0.3, -0.25) is 15.1 Å². The molecule has 0 aliphatic carbocycles. The number of amidine groups is 1. The highest BCUT2D eigenvalue weighted by Gasteiger charge is 2.36. The number of nitrogens with zero attached hydrogens (tertiary/aromatic N) is 2. The van der Waals surface area contributed by atoms with Crippen LogP contribution in [0.15, 0.2) is 53.4 Å². The summed E-state index contributed by atoms with van der Waals surface area (Å²) in [5, 5.41) is 7.90. The van der Waals surface area contributed by atoms with Crippen LogP contribution in [0.2, 0.25) is 0 Å². The maximum Gasteiger partial charge on any atom is 0.416 e. The molecule has 3 rings (SSSR count). The Hall–Kier alpha value is -2.74. The third-order valence-corrected chi connectivity index (χ3v) is 4.85. The van der Waals surface area contributed by atoms with E-state index >= 15 is 0 Å². The van der Waals surface area contributed by atoms with Crippen molar-refractivity contribution in [1.82, 2.24) is 0 Å². The lowest BCUT2D eigenvalue weighted by Crippen LogP contribution is -2.28. The zero-order valence-corrected chi connectivity index (χ0v) is 15.4. The van der Waals surface area contributed by atoms with Gasteiger partial charge in [-0.05, 0) is 53.7 Å². The Labute approximate surface area is 158 Å². The normalized spacial score (nSPS) is 16.3. The molecule has 1 amide bonds. The molecule has 2 aromatic rings. The first-order chi connectivity index (χ1) is 12.7. The summed E-state index contributed by atoms with van der Waals surface area (Å²) >= 11 is 0.924. The molecule has 8 heteroatoms. The Morgan fingerprint density at radius 1 is 1.11 bits per heavy atom. The average Bonchev–Trinajstić information content (AvgIpc) is 2.88. The average molecular weight is 391 g/mol. The molecule has 1 heterocycles. The van der Waals surface area contributed by atoms with Crippen LogP contribution >= 0.6 is 11.8 Å². The Balaban J connectivity index is 1.89. The molecule has 0 atom stereocenters. The third-order valence-electron chi connectivity index (χ3n) is 3.96. The number of hydrogen-bond donors (Lipinski definition) is 1. The molecule has 0 bridgehead atoms. The zero-order valence-electron chi connectivity index (χ0n) is 14.5. The summed E-state index contributed by atoms with van der Waals surface area (Å²) in [6.07, 6.45) is -2.88. The summed E-state index contributed by atoms with van der Waals surface area (Å²) in [7, 11) is 3.83. The summed E-state index contributed by atoms with van der Waals surface area (Å²) in [6.45, 7) is 0. The second kappa shape index (κ2) is 7.11. The van der Waals surface area contributed by atoms with Crippen LogP contribution in [0.25, 0.3) is 6.08 Å². The number of rotatable bonds is 3. The minimum Gasteiger partial charge on any atom is -0.378 e. The summed E-state index contributed by atoms with van der Waals surface area (Å²) in [5.74, 6) is -0.513. The number of anilines is 2. The van der Waals surface area contributed by atoms with Gasteiger partial charge in [0.1, 0.15) is 0 Å². The van der Waals surface area contributed by atoms with Gasteiger partial charge in [0.2, 0.25) is 0 Å². The number of benzene rings is 2. The van der Waals surface area contributed by atoms with Gasteiger partial charge in [0.25, 0.3) is 5.91 Å². The molecule has 4 nitrogen and oxygen atoms in total.